The highest BCUT2D eigenvalue weighted by molar-refractivity contribution is 7.85. The number of aromatic nitrogens is 1. The van der Waals surface area contributed by atoms with Crippen molar-refractivity contribution in [1.82, 2.24) is 4.98 Å². The van der Waals surface area contributed by atoms with Crippen LogP contribution in [0, 0.1) is 0 Å². The molecule has 0 bridgehead atoms. The summed E-state index contributed by atoms with van der Waals surface area (Å²) in [5, 5.41) is 12.8. The number of benzene rings is 2. The van der Waals surface area contributed by atoms with Crippen LogP contribution < -0.4 is 10.0 Å². The van der Waals surface area contributed by atoms with Crippen LogP contribution in [0.3, 0.4) is 0 Å². The maximum atomic E-state index is 11.3. The van der Waals surface area contributed by atoms with Gasteiger partial charge in [-0.3, -0.25) is 4.98 Å². The van der Waals surface area contributed by atoms with Crippen LogP contribution in [-0.4, -0.2) is 20.6 Å². The number of hydrogen-bond donors (Lipinski definition) is 3. The lowest BCUT2D eigenvalue weighted by atomic mass is 10.1. The molecule has 128 valence electrons. The second-order valence-corrected chi connectivity index (χ2v) is 6.74. The maximum absolute atomic E-state index is 11.3. The second-order valence-electron chi connectivity index (χ2n) is 5.62. The Labute approximate surface area is 149 Å². The summed E-state index contributed by atoms with van der Waals surface area (Å²) in [4.78, 5) is 4.29. The Bertz CT molecular complexity index is 899. The zero-order chi connectivity index (χ0) is 17.6. The van der Waals surface area contributed by atoms with Gasteiger partial charge < -0.3 is 15.1 Å². The highest BCUT2D eigenvalue weighted by atomic mass is 32.2. The summed E-state index contributed by atoms with van der Waals surface area (Å²) in [6, 6.07) is 16.9. The summed E-state index contributed by atoms with van der Waals surface area (Å²) in [6.45, 7) is 0.593. The van der Waals surface area contributed by atoms with E-state index in [9.17, 15) is 9.32 Å². The first-order valence-corrected chi connectivity index (χ1v) is 9.33. The molecule has 0 radical (unpaired) electrons. The predicted molar refractivity (Wildman–Crippen MR) is 103 cm³/mol. The minimum absolute atomic E-state index is 0.254. The lowest BCUT2D eigenvalue weighted by Gasteiger charge is -2.10. The van der Waals surface area contributed by atoms with Crippen molar-refractivity contribution in [3.8, 4) is 16.9 Å². The number of phenols is 1. The molecule has 1 unspecified atom stereocenters. The van der Waals surface area contributed by atoms with Crippen molar-refractivity contribution in [2.75, 3.05) is 16.3 Å². The first-order chi connectivity index (χ1) is 12.1. The van der Waals surface area contributed by atoms with Crippen LogP contribution in [0.2, 0.25) is 0 Å². The fourth-order valence-corrected chi connectivity index (χ4v) is 2.95. The van der Waals surface area contributed by atoms with Gasteiger partial charge in [-0.2, -0.15) is 0 Å². The molecule has 5 nitrogen and oxygen atoms in total. The molecule has 0 saturated carbocycles. The lowest BCUT2D eigenvalue weighted by molar-refractivity contribution is 0.474. The van der Waals surface area contributed by atoms with Crippen molar-refractivity contribution in [1.29, 1.82) is 0 Å². The van der Waals surface area contributed by atoms with Crippen LogP contribution in [0.5, 0.6) is 5.75 Å². The van der Waals surface area contributed by atoms with Crippen LogP contribution in [0.4, 0.5) is 11.4 Å². The topological polar surface area (TPSA) is 74.2 Å². The van der Waals surface area contributed by atoms with Crippen LogP contribution in [0.1, 0.15) is 5.56 Å². The van der Waals surface area contributed by atoms with Crippen LogP contribution in [0.25, 0.3) is 11.1 Å². The molecule has 0 saturated heterocycles. The van der Waals surface area contributed by atoms with Crippen molar-refractivity contribution >= 4 is 22.4 Å². The van der Waals surface area contributed by atoms with Gasteiger partial charge in [-0.05, 0) is 41.5 Å². The molecule has 0 aliphatic rings. The Morgan fingerprint density at radius 3 is 2.60 bits per heavy atom. The minimum Gasteiger partial charge on any atom is -0.508 e. The van der Waals surface area contributed by atoms with Crippen molar-refractivity contribution in [2.45, 2.75) is 6.54 Å². The predicted octanol–water partition coefficient (Wildman–Crippen LogP) is 3.77. The van der Waals surface area contributed by atoms with Crippen molar-refractivity contribution in [2.24, 2.45) is 0 Å². The number of nitrogens with one attached hydrogen (secondary N) is 2. The summed E-state index contributed by atoms with van der Waals surface area (Å²) >= 11 is 0. The van der Waals surface area contributed by atoms with E-state index in [-0.39, 0.29) is 5.75 Å². The number of anilines is 2. The van der Waals surface area contributed by atoms with Crippen LogP contribution >= 0.6 is 0 Å². The molecule has 25 heavy (non-hydrogen) atoms. The Kier molecular flexibility index (Phi) is 5.30. The zero-order valence-corrected chi connectivity index (χ0v) is 14.6. The summed E-state index contributed by atoms with van der Waals surface area (Å²) in [6.07, 6.45) is 5.15. The lowest BCUT2D eigenvalue weighted by Crippen LogP contribution is -2.01. The van der Waals surface area contributed by atoms with Gasteiger partial charge in [-0.15, -0.1) is 0 Å². The van der Waals surface area contributed by atoms with E-state index in [4.69, 9.17) is 0 Å². The van der Waals surface area contributed by atoms with Gasteiger partial charge in [0.25, 0.3) is 0 Å². The molecule has 2 aromatic carbocycles. The van der Waals surface area contributed by atoms with Gasteiger partial charge in [-0.1, -0.05) is 24.3 Å². The minimum atomic E-state index is -1.11. The van der Waals surface area contributed by atoms with Crippen molar-refractivity contribution in [3.05, 3.63) is 72.6 Å². The molecule has 3 N–H and O–H groups in total. The van der Waals surface area contributed by atoms with E-state index in [0.717, 1.165) is 28.1 Å². The molecule has 0 amide bonds. The van der Waals surface area contributed by atoms with Gasteiger partial charge in [0.2, 0.25) is 0 Å². The van der Waals surface area contributed by atoms with Gasteiger partial charge >= 0.3 is 0 Å². The Balaban J connectivity index is 1.76. The number of phenolic OH excluding ortho intramolecular Hbond substituents is 1. The molecule has 3 rings (SSSR count). The molecule has 0 aliphatic heterocycles. The number of aromatic hydroxyl groups is 1. The molecule has 1 atom stereocenters. The standard InChI is InChI=1S/C19H19N3O2S/c1-25(24)22-17-6-3-5-15(9-17)16-10-18(13-20-12-16)21-11-14-4-2-7-19(23)8-14/h2-10,12-13,21-23H,11H2,1H3. The van der Waals surface area contributed by atoms with Crippen molar-refractivity contribution in [3.63, 3.8) is 0 Å². The average Bonchev–Trinajstić information content (AvgIpc) is 2.60. The normalized spacial score (nSPS) is 11.7. The number of hydrogen-bond acceptors (Lipinski definition) is 4. The molecule has 0 fully saturated rings. The molecule has 6 heteroatoms. The van der Waals surface area contributed by atoms with Gasteiger partial charge in [0.05, 0.1) is 5.69 Å². The first kappa shape index (κ1) is 17.0. The third-order valence-electron chi connectivity index (χ3n) is 3.60. The SMILES string of the molecule is CS(=O)Nc1cccc(-c2cncc(NCc3cccc(O)c3)c2)c1. The first-order valence-electron chi connectivity index (χ1n) is 7.77. The quantitative estimate of drug-likeness (QED) is 0.631. The van der Waals surface area contributed by atoms with Gasteiger partial charge in [-0.25, -0.2) is 4.21 Å². The van der Waals surface area contributed by atoms with E-state index in [1.54, 1.807) is 30.8 Å². The Morgan fingerprint density at radius 1 is 1.00 bits per heavy atom. The smallest absolute Gasteiger partial charge is 0.115 e. The van der Waals surface area contributed by atoms with E-state index in [2.05, 4.69) is 15.0 Å². The summed E-state index contributed by atoms with van der Waals surface area (Å²) < 4.78 is 14.2. The monoisotopic (exact) mass is 353 g/mol. The molecular formula is C19H19N3O2S. The van der Waals surface area contributed by atoms with Gasteiger partial charge in [0.15, 0.2) is 0 Å². The van der Waals surface area contributed by atoms with Gasteiger partial charge in [0, 0.05) is 36.4 Å². The number of rotatable bonds is 6. The second kappa shape index (κ2) is 7.81. The number of nitrogens with zero attached hydrogens (tertiary/aromatic N) is 1. The third kappa shape index (κ3) is 4.81. The zero-order valence-electron chi connectivity index (χ0n) is 13.8. The molecule has 0 spiro atoms. The summed E-state index contributed by atoms with van der Waals surface area (Å²) in [5.74, 6) is 0.254. The van der Waals surface area contributed by atoms with Crippen LogP contribution in [-0.2, 0) is 17.5 Å². The fourth-order valence-electron chi connectivity index (χ4n) is 2.49. The Hall–Kier alpha value is -2.86. The summed E-state index contributed by atoms with van der Waals surface area (Å²) in [7, 11) is -1.11. The van der Waals surface area contributed by atoms with E-state index in [0.29, 0.717) is 6.54 Å². The van der Waals surface area contributed by atoms with E-state index in [1.807, 2.05) is 42.5 Å². The highest BCUT2D eigenvalue weighted by Crippen LogP contribution is 2.24. The molecule has 1 heterocycles. The average molecular weight is 353 g/mol. The van der Waals surface area contributed by atoms with Gasteiger partial charge in [0.1, 0.15) is 16.7 Å². The van der Waals surface area contributed by atoms with E-state index in [1.165, 1.54) is 0 Å². The fraction of sp³-hybridized carbons (Fsp3) is 0.105. The maximum Gasteiger partial charge on any atom is 0.115 e. The Morgan fingerprint density at radius 2 is 1.80 bits per heavy atom. The molecule has 0 aliphatic carbocycles. The molecule has 3 aromatic rings. The third-order valence-corrected chi connectivity index (χ3v) is 4.13. The van der Waals surface area contributed by atoms with E-state index >= 15 is 0 Å². The summed E-state index contributed by atoms with van der Waals surface area (Å²) in [5.41, 5.74) is 4.63. The number of pyridine rings is 1. The van der Waals surface area contributed by atoms with Crippen LogP contribution in [0.15, 0.2) is 67.0 Å². The highest BCUT2D eigenvalue weighted by Gasteiger charge is 2.03. The van der Waals surface area contributed by atoms with E-state index < -0.39 is 11.0 Å². The largest absolute Gasteiger partial charge is 0.508 e. The van der Waals surface area contributed by atoms with Crippen molar-refractivity contribution < 1.29 is 9.32 Å². The molecular weight excluding hydrogens is 334 g/mol. The molecule has 1 aromatic heterocycles.